The number of halogens is 1. The Morgan fingerprint density at radius 3 is 3.00 bits per heavy atom. The summed E-state index contributed by atoms with van der Waals surface area (Å²) in [6.45, 7) is 0. The third-order valence-corrected chi connectivity index (χ3v) is 2.87. The van der Waals surface area contributed by atoms with Crippen molar-refractivity contribution < 1.29 is 5.21 Å². The SMILES string of the molecule is [B]Cc1ccc(/C(Cl)=N/O)c2c1CC=C2. The fourth-order valence-corrected chi connectivity index (χ4v) is 2.03. The average molecular weight is 217 g/mol. The topological polar surface area (TPSA) is 32.6 Å². The van der Waals surface area contributed by atoms with Gasteiger partial charge in [-0.3, -0.25) is 0 Å². The summed E-state index contributed by atoms with van der Waals surface area (Å²) in [5.74, 6) is 0. The van der Waals surface area contributed by atoms with Crippen molar-refractivity contribution in [2.75, 3.05) is 0 Å². The largest absolute Gasteiger partial charge is 0.410 e. The van der Waals surface area contributed by atoms with Crippen molar-refractivity contribution in [3.05, 3.63) is 40.5 Å². The van der Waals surface area contributed by atoms with Crippen molar-refractivity contribution in [1.29, 1.82) is 0 Å². The number of hydrogen-bond acceptors (Lipinski definition) is 2. The van der Waals surface area contributed by atoms with Crippen LogP contribution in [0, 0.1) is 0 Å². The number of benzene rings is 1. The number of oxime groups is 1. The first-order valence-electron chi connectivity index (χ1n) is 4.67. The summed E-state index contributed by atoms with van der Waals surface area (Å²) >= 11 is 5.80. The standard InChI is InChI=1S/C11H9BClNO/c12-6-7-4-5-10(11(13)14-15)9-3-1-2-8(7)9/h1,3-5,15H,2,6H2/b14-11-. The first kappa shape index (κ1) is 10.3. The Balaban J connectivity index is 2.60. The molecule has 0 saturated heterocycles. The van der Waals surface area contributed by atoms with Crippen molar-refractivity contribution in [3.8, 4) is 0 Å². The molecule has 2 rings (SSSR count). The smallest absolute Gasteiger partial charge is 0.175 e. The highest BCUT2D eigenvalue weighted by Gasteiger charge is 2.15. The molecule has 0 bridgehead atoms. The molecule has 2 nitrogen and oxygen atoms in total. The molecule has 0 unspecified atom stereocenters. The maximum absolute atomic E-state index is 8.65. The van der Waals surface area contributed by atoms with Crippen LogP contribution in [0.15, 0.2) is 23.4 Å². The highest BCUT2D eigenvalue weighted by atomic mass is 35.5. The van der Waals surface area contributed by atoms with Gasteiger partial charge in [0.25, 0.3) is 0 Å². The van der Waals surface area contributed by atoms with Crippen LogP contribution in [0.3, 0.4) is 0 Å². The summed E-state index contributed by atoms with van der Waals surface area (Å²) < 4.78 is 0. The normalized spacial score (nSPS) is 14.3. The Morgan fingerprint density at radius 1 is 1.53 bits per heavy atom. The van der Waals surface area contributed by atoms with Crippen LogP contribution < -0.4 is 0 Å². The van der Waals surface area contributed by atoms with Crippen LogP contribution in [-0.4, -0.2) is 18.2 Å². The molecule has 2 radical (unpaired) electrons. The second-order valence-corrected chi connectivity index (χ2v) is 3.72. The quantitative estimate of drug-likeness (QED) is 0.351. The molecular formula is C11H9BClNO. The maximum Gasteiger partial charge on any atom is 0.175 e. The van der Waals surface area contributed by atoms with Gasteiger partial charge in [-0.1, -0.05) is 52.9 Å². The lowest BCUT2D eigenvalue weighted by atomic mass is 9.89. The Hall–Kier alpha value is -1.22. The molecule has 0 fully saturated rings. The van der Waals surface area contributed by atoms with E-state index in [1.165, 1.54) is 5.56 Å². The van der Waals surface area contributed by atoms with E-state index in [9.17, 15) is 0 Å². The van der Waals surface area contributed by atoms with Crippen molar-refractivity contribution in [2.45, 2.75) is 12.7 Å². The molecule has 4 heteroatoms. The van der Waals surface area contributed by atoms with Gasteiger partial charge in [0, 0.05) is 5.56 Å². The average Bonchev–Trinajstić information content (AvgIpc) is 2.75. The molecule has 1 N–H and O–H groups in total. The fraction of sp³-hybridized carbons (Fsp3) is 0.182. The second-order valence-electron chi connectivity index (χ2n) is 3.37. The molecule has 0 spiro atoms. The van der Waals surface area contributed by atoms with Gasteiger partial charge in [-0.15, -0.1) is 0 Å². The first-order valence-corrected chi connectivity index (χ1v) is 5.05. The van der Waals surface area contributed by atoms with Gasteiger partial charge in [0.2, 0.25) is 0 Å². The molecule has 1 aromatic carbocycles. The van der Waals surface area contributed by atoms with Crippen LogP contribution in [0.5, 0.6) is 0 Å². The molecule has 0 aromatic heterocycles. The highest BCUT2D eigenvalue weighted by Crippen LogP contribution is 2.28. The Labute approximate surface area is 94.7 Å². The molecule has 15 heavy (non-hydrogen) atoms. The molecule has 0 heterocycles. The monoisotopic (exact) mass is 217 g/mol. The maximum atomic E-state index is 8.65. The zero-order valence-corrected chi connectivity index (χ0v) is 8.83. The van der Waals surface area contributed by atoms with Crippen LogP contribution in [0.4, 0.5) is 0 Å². The van der Waals surface area contributed by atoms with Gasteiger partial charge < -0.3 is 5.21 Å². The van der Waals surface area contributed by atoms with Crippen LogP contribution in [0.1, 0.15) is 22.3 Å². The van der Waals surface area contributed by atoms with Crippen molar-refractivity contribution in [1.82, 2.24) is 0 Å². The lowest BCUT2D eigenvalue weighted by Gasteiger charge is -2.10. The van der Waals surface area contributed by atoms with Crippen LogP contribution in [0.2, 0.25) is 0 Å². The Kier molecular flexibility index (Phi) is 2.82. The second kappa shape index (κ2) is 4.11. The van der Waals surface area contributed by atoms with Gasteiger partial charge in [0.05, 0.1) is 7.85 Å². The third kappa shape index (κ3) is 1.68. The minimum atomic E-state index is 0.112. The summed E-state index contributed by atoms with van der Waals surface area (Å²) in [6, 6.07) is 3.76. The van der Waals surface area contributed by atoms with E-state index in [4.69, 9.17) is 24.7 Å². The highest BCUT2D eigenvalue weighted by molar-refractivity contribution is 6.69. The third-order valence-electron chi connectivity index (χ3n) is 2.59. The lowest BCUT2D eigenvalue weighted by molar-refractivity contribution is 0.321. The van der Waals surface area contributed by atoms with E-state index < -0.39 is 0 Å². The zero-order chi connectivity index (χ0) is 10.8. The van der Waals surface area contributed by atoms with E-state index in [2.05, 4.69) is 11.2 Å². The summed E-state index contributed by atoms with van der Waals surface area (Å²) in [5, 5.41) is 11.8. The number of rotatable bonds is 2. The summed E-state index contributed by atoms with van der Waals surface area (Å²) in [7, 11) is 5.64. The summed E-state index contributed by atoms with van der Waals surface area (Å²) in [4.78, 5) is 0. The van der Waals surface area contributed by atoms with Gasteiger partial charge in [-0.05, 0) is 17.5 Å². The van der Waals surface area contributed by atoms with Crippen LogP contribution >= 0.6 is 11.6 Å². The molecule has 0 atom stereocenters. The van der Waals surface area contributed by atoms with E-state index in [1.54, 1.807) is 0 Å². The summed E-state index contributed by atoms with van der Waals surface area (Å²) in [5.41, 5.74) is 4.05. The molecule has 1 aromatic rings. The molecule has 1 aliphatic carbocycles. The van der Waals surface area contributed by atoms with Crippen LogP contribution in [0.25, 0.3) is 6.08 Å². The number of nitrogens with zero attached hydrogens (tertiary/aromatic N) is 1. The van der Waals surface area contributed by atoms with Gasteiger partial charge >= 0.3 is 0 Å². The summed E-state index contributed by atoms with van der Waals surface area (Å²) in [6.07, 6.45) is 5.41. The van der Waals surface area contributed by atoms with E-state index in [-0.39, 0.29) is 5.17 Å². The molecular weight excluding hydrogens is 208 g/mol. The van der Waals surface area contributed by atoms with Gasteiger partial charge in [0.1, 0.15) is 0 Å². The molecule has 0 aliphatic heterocycles. The van der Waals surface area contributed by atoms with Crippen LogP contribution in [-0.2, 0) is 12.7 Å². The number of fused-ring (bicyclic) bond motifs is 1. The minimum absolute atomic E-state index is 0.112. The number of hydrogen-bond donors (Lipinski definition) is 1. The Bertz CT molecular complexity index is 454. The molecule has 74 valence electrons. The zero-order valence-electron chi connectivity index (χ0n) is 8.07. The van der Waals surface area contributed by atoms with E-state index in [0.29, 0.717) is 6.32 Å². The molecule has 0 amide bonds. The van der Waals surface area contributed by atoms with Crippen molar-refractivity contribution in [3.63, 3.8) is 0 Å². The van der Waals surface area contributed by atoms with Gasteiger partial charge in [0.15, 0.2) is 5.17 Å². The van der Waals surface area contributed by atoms with Crippen molar-refractivity contribution in [2.24, 2.45) is 5.16 Å². The van der Waals surface area contributed by atoms with Gasteiger partial charge in [-0.25, -0.2) is 0 Å². The van der Waals surface area contributed by atoms with E-state index in [0.717, 1.165) is 23.1 Å². The minimum Gasteiger partial charge on any atom is -0.410 e. The predicted octanol–water partition coefficient (Wildman–Crippen LogP) is 2.30. The van der Waals surface area contributed by atoms with Crippen molar-refractivity contribution >= 4 is 30.7 Å². The Morgan fingerprint density at radius 2 is 2.33 bits per heavy atom. The number of allylic oxidation sites excluding steroid dienone is 1. The lowest BCUT2D eigenvalue weighted by Crippen LogP contribution is -2.01. The first-order chi connectivity index (χ1) is 7.27. The van der Waals surface area contributed by atoms with E-state index >= 15 is 0 Å². The fourth-order valence-electron chi connectivity index (χ4n) is 1.86. The van der Waals surface area contributed by atoms with Gasteiger partial charge in [-0.2, -0.15) is 0 Å². The molecule has 1 aliphatic rings. The molecule has 0 saturated carbocycles. The van der Waals surface area contributed by atoms with E-state index in [1.807, 2.05) is 18.2 Å². The predicted molar refractivity (Wildman–Crippen MR) is 62.8 cm³/mol.